The van der Waals surface area contributed by atoms with Crippen molar-refractivity contribution in [1.29, 1.82) is 0 Å². The topological polar surface area (TPSA) is 97.0 Å². The highest BCUT2D eigenvalue weighted by atomic mass is 32.2. The number of hydrogen-bond donors (Lipinski definition) is 2. The Hall–Kier alpha value is -1.64. The van der Waals surface area contributed by atoms with Gasteiger partial charge in [-0.3, -0.25) is 0 Å². The van der Waals surface area contributed by atoms with Gasteiger partial charge in [0.2, 0.25) is 10.0 Å². The van der Waals surface area contributed by atoms with Gasteiger partial charge in [0.15, 0.2) is 5.96 Å². The standard InChI is InChI=1S/C15H24N4O3S/c1-19(2)23(20,21)14-7-5-12(6-8-14)10-17-15(16)18-11-13-4-3-9-22-13/h5-8,13H,3-4,9-11H2,1-2H3,(H3,16,17,18). The summed E-state index contributed by atoms with van der Waals surface area (Å²) >= 11 is 0. The Balaban J connectivity index is 1.89. The van der Waals surface area contributed by atoms with E-state index in [0.29, 0.717) is 19.0 Å². The first-order valence-corrected chi connectivity index (χ1v) is 9.00. The summed E-state index contributed by atoms with van der Waals surface area (Å²) < 4.78 is 30.6. The van der Waals surface area contributed by atoms with Gasteiger partial charge in [-0.2, -0.15) is 0 Å². The SMILES string of the molecule is CN(C)S(=O)(=O)c1ccc(CN=C(N)NCC2CCCO2)cc1. The third-order valence-corrected chi connectivity index (χ3v) is 5.50. The molecule has 1 fully saturated rings. The monoisotopic (exact) mass is 340 g/mol. The van der Waals surface area contributed by atoms with Crippen molar-refractivity contribution in [2.75, 3.05) is 27.2 Å². The quantitative estimate of drug-likeness (QED) is 0.581. The van der Waals surface area contributed by atoms with Crippen molar-refractivity contribution in [3.8, 4) is 0 Å². The number of nitrogens with zero attached hydrogens (tertiary/aromatic N) is 2. The van der Waals surface area contributed by atoms with Crippen molar-refractivity contribution in [2.24, 2.45) is 10.7 Å². The predicted molar refractivity (Wildman–Crippen MR) is 89.6 cm³/mol. The number of guanidine groups is 1. The van der Waals surface area contributed by atoms with E-state index >= 15 is 0 Å². The molecule has 8 heteroatoms. The molecule has 0 amide bonds. The van der Waals surface area contributed by atoms with Crippen LogP contribution < -0.4 is 11.1 Å². The molecule has 0 spiro atoms. The van der Waals surface area contributed by atoms with Crippen molar-refractivity contribution in [3.63, 3.8) is 0 Å². The van der Waals surface area contributed by atoms with Crippen molar-refractivity contribution < 1.29 is 13.2 Å². The van der Waals surface area contributed by atoms with Gasteiger partial charge in [-0.25, -0.2) is 17.7 Å². The molecule has 0 bridgehead atoms. The van der Waals surface area contributed by atoms with Crippen LogP contribution in [0.4, 0.5) is 0 Å². The maximum Gasteiger partial charge on any atom is 0.242 e. The first-order chi connectivity index (χ1) is 10.9. The number of rotatable bonds is 6. The maximum atomic E-state index is 12.0. The number of benzene rings is 1. The van der Waals surface area contributed by atoms with Crippen molar-refractivity contribution in [1.82, 2.24) is 9.62 Å². The van der Waals surface area contributed by atoms with Crippen LogP contribution in [0.5, 0.6) is 0 Å². The second-order valence-corrected chi connectivity index (χ2v) is 7.80. The van der Waals surface area contributed by atoms with Crippen LogP contribution in [0.2, 0.25) is 0 Å². The summed E-state index contributed by atoms with van der Waals surface area (Å²) in [5.41, 5.74) is 6.71. The van der Waals surface area contributed by atoms with Gasteiger partial charge in [-0.1, -0.05) is 12.1 Å². The normalized spacial score (nSPS) is 19.3. The molecule has 1 atom stereocenters. The molecule has 1 aliphatic heterocycles. The van der Waals surface area contributed by atoms with Gasteiger partial charge in [-0.05, 0) is 30.5 Å². The van der Waals surface area contributed by atoms with Gasteiger partial charge in [0.1, 0.15) is 0 Å². The highest BCUT2D eigenvalue weighted by Gasteiger charge is 2.16. The van der Waals surface area contributed by atoms with Gasteiger partial charge < -0.3 is 15.8 Å². The minimum absolute atomic E-state index is 0.208. The Morgan fingerprint density at radius 3 is 2.65 bits per heavy atom. The Labute approximate surface area is 137 Å². The van der Waals surface area contributed by atoms with Gasteiger partial charge in [-0.15, -0.1) is 0 Å². The van der Waals surface area contributed by atoms with E-state index in [1.54, 1.807) is 24.3 Å². The first kappa shape index (κ1) is 17.7. The lowest BCUT2D eigenvalue weighted by Crippen LogP contribution is -2.37. The lowest BCUT2D eigenvalue weighted by atomic mass is 10.2. The Kier molecular flexibility index (Phi) is 5.97. The molecule has 1 unspecified atom stereocenters. The molecule has 1 heterocycles. The van der Waals surface area contributed by atoms with E-state index in [2.05, 4.69) is 10.3 Å². The van der Waals surface area contributed by atoms with Crippen LogP contribution in [0.3, 0.4) is 0 Å². The number of ether oxygens (including phenoxy) is 1. The molecule has 1 aliphatic rings. The smallest absolute Gasteiger partial charge is 0.242 e. The van der Waals surface area contributed by atoms with Crippen LogP contribution in [-0.2, 0) is 21.3 Å². The minimum Gasteiger partial charge on any atom is -0.376 e. The lowest BCUT2D eigenvalue weighted by Gasteiger charge is -2.12. The molecule has 0 saturated carbocycles. The zero-order valence-electron chi connectivity index (χ0n) is 13.5. The third-order valence-electron chi connectivity index (χ3n) is 3.67. The summed E-state index contributed by atoms with van der Waals surface area (Å²) in [6.45, 7) is 1.87. The van der Waals surface area contributed by atoms with Crippen LogP contribution in [-0.4, -0.2) is 52.0 Å². The van der Waals surface area contributed by atoms with E-state index in [0.717, 1.165) is 25.0 Å². The van der Waals surface area contributed by atoms with Crippen molar-refractivity contribution in [2.45, 2.75) is 30.4 Å². The number of hydrogen-bond acceptors (Lipinski definition) is 4. The fraction of sp³-hybridized carbons (Fsp3) is 0.533. The Bertz CT molecular complexity index is 635. The first-order valence-electron chi connectivity index (χ1n) is 7.56. The zero-order chi connectivity index (χ0) is 16.9. The largest absolute Gasteiger partial charge is 0.376 e. The lowest BCUT2D eigenvalue weighted by molar-refractivity contribution is 0.114. The van der Waals surface area contributed by atoms with E-state index in [1.807, 2.05) is 0 Å². The second-order valence-electron chi connectivity index (χ2n) is 5.65. The molecule has 3 N–H and O–H groups in total. The zero-order valence-corrected chi connectivity index (χ0v) is 14.3. The van der Waals surface area contributed by atoms with Crippen LogP contribution >= 0.6 is 0 Å². The number of nitrogens with one attached hydrogen (secondary N) is 1. The summed E-state index contributed by atoms with van der Waals surface area (Å²) in [6.07, 6.45) is 2.34. The third kappa shape index (κ3) is 4.92. The maximum absolute atomic E-state index is 12.0. The van der Waals surface area contributed by atoms with Crippen LogP contribution in [0, 0.1) is 0 Å². The number of aliphatic imine (C=N–C) groups is 1. The fourth-order valence-electron chi connectivity index (χ4n) is 2.23. The summed E-state index contributed by atoms with van der Waals surface area (Å²) in [4.78, 5) is 4.51. The van der Waals surface area contributed by atoms with E-state index in [9.17, 15) is 8.42 Å². The van der Waals surface area contributed by atoms with E-state index in [-0.39, 0.29) is 11.0 Å². The molecule has 1 aromatic rings. The number of sulfonamides is 1. The van der Waals surface area contributed by atoms with Crippen LogP contribution in [0.25, 0.3) is 0 Å². The molecule has 1 aromatic carbocycles. The predicted octanol–water partition coefficient (Wildman–Crippen LogP) is 0.520. The fourth-order valence-corrected chi connectivity index (χ4v) is 3.14. The van der Waals surface area contributed by atoms with Gasteiger partial charge in [0.25, 0.3) is 0 Å². The molecule has 23 heavy (non-hydrogen) atoms. The second kappa shape index (κ2) is 7.76. The minimum atomic E-state index is -3.40. The molecule has 0 aromatic heterocycles. The summed E-state index contributed by atoms with van der Waals surface area (Å²) in [7, 11) is -0.381. The van der Waals surface area contributed by atoms with E-state index in [4.69, 9.17) is 10.5 Å². The van der Waals surface area contributed by atoms with Gasteiger partial charge >= 0.3 is 0 Å². The average molecular weight is 340 g/mol. The summed E-state index contributed by atoms with van der Waals surface area (Å²) in [5, 5.41) is 3.05. The molecule has 7 nitrogen and oxygen atoms in total. The van der Waals surface area contributed by atoms with Crippen LogP contribution in [0.15, 0.2) is 34.2 Å². The van der Waals surface area contributed by atoms with E-state index < -0.39 is 10.0 Å². The van der Waals surface area contributed by atoms with Gasteiger partial charge in [0.05, 0.1) is 17.5 Å². The molecule has 128 valence electrons. The number of nitrogens with two attached hydrogens (primary N) is 1. The Morgan fingerprint density at radius 2 is 2.09 bits per heavy atom. The molecule has 0 radical (unpaired) electrons. The van der Waals surface area contributed by atoms with Crippen molar-refractivity contribution >= 4 is 16.0 Å². The Morgan fingerprint density at radius 1 is 1.39 bits per heavy atom. The van der Waals surface area contributed by atoms with E-state index in [1.165, 1.54) is 18.4 Å². The van der Waals surface area contributed by atoms with Crippen LogP contribution in [0.1, 0.15) is 18.4 Å². The highest BCUT2D eigenvalue weighted by Crippen LogP contribution is 2.14. The van der Waals surface area contributed by atoms with Crippen molar-refractivity contribution in [3.05, 3.63) is 29.8 Å². The molecule has 0 aliphatic carbocycles. The van der Waals surface area contributed by atoms with Gasteiger partial charge in [0, 0.05) is 27.2 Å². The molecule has 1 saturated heterocycles. The molecular formula is C15H24N4O3S. The summed E-state index contributed by atoms with van der Waals surface area (Å²) in [5.74, 6) is 0.366. The molecular weight excluding hydrogens is 316 g/mol. The molecule has 2 rings (SSSR count). The summed E-state index contributed by atoms with van der Waals surface area (Å²) in [6, 6.07) is 6.65. The average Bonchev–Trinajstić information content (AvgIpc) is 3.04. The highest BCUT2D eigenvalue weighted by molar-refractivity contribution is 7.89.